The van der Waals surface area contributed by atoms with Crippen LogP contribution >= 0.6 is 0 Å². The average Bonchev–Trinajstić information content (AvgIpc) is 2.49. The molecule has 2 heterocycles. The fourth-order valence-electron chi connectivity index (χ4n) is 1.70. The van der Waals surface area contributed by atoms with Crippen LogP contribution in [0.5, 0.6) is 0 Å². The van der Waals surface area contributed by atoms with Crippen LogP contribution in [-0.2, 0) is 14.1 Å². The van der Waals surface area contributed by atoms with E-state index in [0.29, 0.717) is 16.6 Å². The molecule has 16 heavy (non-hydrogen) atoms. The highest BCUT2D eigenvalue weighted by molar-refractivity contribution is 5.98. The van der Waals surface area contributed by atoms with Gasteiger partial charge in [-0.1, -0.05) is 0 Å². The van der Waals surface area contributed by atoms with E-state index in [4.69, 9.17) is 5.11 Å². The molecule has 0 aliphatic carbocycles. The standard InChI is InChI=1S/C10H11N3O3/c1-12-4-3-7-8(9(12)14)6(5-13(7)2)11-10(15)16/h3-5,11H,1-2H3,(H,15,16). The average molecular weight is 221 g/mol. The van der Waals surface area contributed by atoms with E-state index in [9.17, 15) is 9.59 Å². The highest BCUT2D eigenvalue weighted by Crippen LogP contribution is 2.21. The number of carboxylic acid groups (broad SMARTS) is 1. The first kappa shape index (κ1) is 10.3. The number of amides is 1. The minimum Gasteiger partial charge on any atom is -0.465 e. The predicted octanol–water partition coefficient (Wildman–Crippen LogP) is 0.967. The van der Waals surface area contributed by atoms with Gasteiger partial charge in [-0.25, -0.2) is 4.79 Å². The maximum atomic E-state index is 11.9. The number of fused-ring (bicyclic) bond motifs is 1. The molecule has 2 aromatic rings. The van der Waals surface area contributed by atoms with Crippen molar-refractivity contribution in [1.82, 2.24) is 9.13 Å². The van der Waals surface area contributed by atoms with Crippen LogP contribution in [0.1, 0.15) is 0 Å². The summed E-state index contributed by atoms with van der Waals surface area (Å²) in [5.74, 6) is 0. The van der Waals surface area contributed by atoms with Gasteiger partial charge in [-0.05, 0) is 6.07 Å². The van der Waals surface area contributed by atoms with E-state index in [-0.39, 0.29) is 5.56 Å². The summed E-state index contributed by atoms with van der Waals surface area (Å²) >= 11 is 0. The number of rotatable bonds is 1. The summed E-state index contributed by atoms with van der Waals surface area (Å²) in [5.41, 5.74) is 0.792. The molecule has 1 amide bonds. The van der Waals surface area contributed by atoms with E-state index < -0.39 is 6.09 Å². The van der Waals surface area contributed by atoms with Gasteiger partial charge in [0.25, 0.3) is 5.56 Å². The number of nitrogens with zero attached hydrogens (tertiary/aromatic N) is 2. The quantitative estimate of drug-likeness (QED) is 0.753. The first-order chi connectivity index (χ1) is 7.50. The molecule has 84 valence electrons. The van der Waals surface area contributed by atoms with Crippen molar-refractivity contribution in [2.45, 2.75) is 0 Å². The van der Waals surface area contributed by atoms with Gasteiger partial charge >= 0.3 is 6.09 Å². The maximum absolute atomic E-state index is 11.9. The molecule has 0 saturated heterocycles. The van der Waals surface area contributed by atoms with Gasteiger partial charge in [0.05, 0.1) is 16.6 Å². The third-order valence-corrected chi connectivity index (χ3v) is 2.46. The summed E-state index contributed by atoms with van der Waals surface area (Å²) in [6.07, 6.45) is 2.05. The smallest absolute Gasteiger partial charge is 0.409 e. The lowest BCUT2D eigenvalue weighted by molar-refractivity contribution is 0.210. The zero-order valence-corrected chi connectivity index (χ0v) is 8.89. The van der Waals surface area contributed by atoms with Crippen LogP contribution in [0.2, 0.25) is 0 Å². The van der Waals surface area contributed by atoms with Crippen LogP contribution in [0.25, 0.3) is 10.9 Å². The summed E-state index contributed by atoms with van der Waals surface area (Å²) < 4.78 is 3.12. The summed E-state index contributed by atoms with van der Waals surface area (Å²) in [6.45, 7) is 0. The van der Waals surface area contributed by atoms with E-state index in [2.05, 4.69) is 5.32 Å². The molecule has 0 radical (unpaired) electrons. The number of hydrogen-bond donors (Lipinski definition) is 2. The second-order valence-electron chi connectivity index (χ2n) is 3.58. The fraction of sp³-hybridized carbons (Fsp3) is 0.200. The highest BCUT2D eigenvalue weighted by Gasteiger charge is 2.12. The largest absolute Gasteiger partial charge is 0.465 e. The Hall–Kier alpha value is -2.24. The minimum absolute atomic E-state index is 0.221. The molecule has 0 aliphatic heterocycles. The second kappa shape index (κ2) is 3.41. The summed E-state index contributed by atoms with van der Waals surface area (Å²) in [7, 11) is 3.38. The highest BCUT2D eigenvalue weighted by atomic mass is 16.4. The molecule has 2 aromatic heterocycles. The minimum atomic E-state index is -1.18. The van der Waals surface area contributed by atoms with Crippen molar-refractivity contribution in [2.24, 2.45) is 14.1 Å². The summed E-state index contributed by atoms with van der Waals surface area (Å²) in [6, 6.07) is 1.77. The molecule has 6 nitrogen and oxygen atoms in total. The molecule has 0 spiro atoms. The zero-order valence-electron chi connectivity index (χ0n) is 8.89. The van der Waals surface area contributed by atoms with Crippen molar-refractivity contribution in [1.29, 1.82) is 0 Å². The maximum Gasteiger partial charge on any atom is 0.409 e. The van der Waals surface area contributed by atoms with Gasteiger partial charge in [0.1, 0.15) is 0 Å². The lowest BCUT2D eigenvalue weighted by Gasteiger charge is -2.00. The molecular formula is C10H11N3O3. The monoisotopic (exact) mass is 221 g/mol. The van der Waals surface area contributed by atoms with Gasteiger partial charge in [0.15, 0.2) is 0 Å². The van der Waals surface area contributed by atoms with Crippen LogP contribution < -0.4 is 10.9 Å². The molecule has 0 unspecified atom stereocenters. The van der Waals surface area contributed by atoms with Crippen molar-refractivity contribution in [2.75, 3.05) is 5.32 Å². The number of anilines is 1. The van der Waals surface area contributed by atoms with E-state index >= 15 is 0 Å². The molecule has 2 N–H and O–H groups in total. The Labute approximate surface area is 90.7 Å². The Morgan fingerprint density at radius 3 is 2.69 bits per heavy atom. The third-order valence-electron chi connectivity index (χ3n) is 2.46. The first-order valence-corrected chi connectivity index (χ1v) is 4.65. The number of aryl methyl sites for hydroxylation is 2. The molecule has 2 rings (SSSR count). The molecule has 0 saturated carbocycles. The van der Waals surface area contributed by atoms with Gasteiger partial charge in [0, 0.05) is 26.5 Å². The van der Waals surface area contributed by atoms with Gasteiger partial charge in [-0.15, -0.1) is 0 Å². The van der Waals surface area contributed by atoms with Crippen molar-refractivity contribution in [3.05, 3.63) is 28.8 Å². The number of hydrogen-bond acceptors (Lipinski definition) is 2. The summed E-state index contributed by atoms with van der Waals surface area (Å²) in [4.78, 5) is 22.4. The number of carbonyl (C=O) groups is 1. The number of pyridine rings is 1. The molecule has 0 fully saturated rings. The summed E-state index contributed by atoms with van der Waals surface area (Å²) in [5, 5.41) is 11.3. The van der Waals surface area contributed by atoms with Crippen LogP contribution in [-0.4, -0.2) is 20.3 Å². The lowest BCUT2D eigenvalue weighted by Crippen LogP contribution is -2.17. The van der Waals surface area contributed by atoms with Crippen LogP contribution in [0, 0.1) is 0 Å². The Morgan fingerprint density at radius 2 is 2.06 bits per heavy atom. The van der Waals surface area contributed by atoms with Gasteiger partial charge < -0.3 is 14.2 Å². The van der Waals surface area contributed by atoms with E-state index in [1.54, 1.807) is 37.1 Å². The Bertz CT molecular complexity index is 624. The van der Waals surface area contributed by atoms with E-state index in [1.807, 2.05) is 0 Å². The van der Waals surface area contributed by atoms with Gasteiger partial charge in [-0.3, -0.25) is 10.1 Å². The van der Waals surface area contributed by atoms with Gasteiger partial charge in [0.2, 0.25) is 0 Å². The Kier molecular flexibility index (Phi) is 2.19. The number of nitrogens with one attached hydrogen (secondary N) is 1. The normalized spacial score (nSPS) is 10.6. The molecule has 0 atom stereocenters. The van der Waals surface area contributed by atoms with Crippen LogP contribution in [0.4, 0.5) is 10.5 Å². The second-order valence-corrected chi connectivity index (χ2v) is 3.58. The topological polar surface area (TPSA) is 76.3 Å². The first-order valence-electron chi connectivity index (χ1n) is 4.65. The predicted molar refractivity (Wildman–Crippen MR) is 59.8 cm³/mol. The molecule has 0 aliphatic rings. The lowest BCUT2D eigenvalue weighted by atomic mass is 10.3. The van der Waals surface area contributed by atoms with Crippen molar-refractivity contribution in [3.8, 4) is 0 Å². The molecule has 0 bridgehead atoms. The molecular weight excluding hydrogens is 210 g/mol. The Morgan fingerprint density at radius 1 is 1.38 bits per heavy atom. The van der Waals surface area contributed by atoms with Crippen molar-refractivity contribution in [3.63, 3.8) is 0 Å². The van der Waals surface area contributed by atoms with Gasteiger partial charge in [-0.2, -0.15) is 0 Å². The fourth-order valence-corrected chi connectivity index (χ4v) is 1.70. The Balaban J connectivity index is 2.80. The molecule has 0 aromatic carbocycles. The SMILES string of the molecule is Cn1ccc2c(c(NC(=O)O)cn2C)c1=O. The third kappa shape index (κ3) is 1.44. The van der Waals surface area contributed by atoms with E-state index in [1.165, 1.54) is 4.57 Å². The van der Waals surface area contributed by atoms with Crippen molar-refractivity contribution < 1.29 is 9.90 Å². The number of aromatic nitrogens is 2. The van der Waals surface area contributed by atoms with Crippen molar-refractivity contribution >= 4 is 22.7 Å². The zero-order chi connectivity index (χ0) is 11.9. The molecule has 6 heteroatoms. The van der Waals surface area contributed by atoms with Crippen LogP contribution in [0.15, 0.2) is 23.3 Å². The van der Waals surface area contributed by atoms with Crippen LogP contribution in [0.3, 0.4) is 0 Å². The van der Waals surface area contributed by atoms with E-state index in [0.717, 1.165) is 0 Å².